The van der Waals surface area contributed by atoms with Crippen LogP contribution in [0.25, 0.3) is 0 Å². The lowest BCUT2D eigenvalue weighted by Gasteiger charge is -2.08. The van der Waals surface area contributed by atoms with E-state index < -0.39 is 0 Å². The minimum Gasteiger partial charge on any atom is -0.322 e. The lowest BCUT2D eigenvalue weighted by Crippen LogP contribution is -2.30. The first-order valence-corrected chi connectivity index (χ1v) is 5.89. The Morgan fingerprint density at radius 2 is 2.38 bits per heavy atom. The molecule has 1 heterocycles. The molecular formula is C12H21N3O. The molecular weight excluding hydrogens is 202 g/mol. The predicted octanol–water partition coefficient (Wildman–Crippen LogP) is 1.44. The smallest absolute Gasteiger partial charge is 0.149 e. The van der Waals surface area contributed by atoms with E-state index in [0.717, 1.165) is 31.2 Å². The van der Waals surface area contributed by atoms with E-state index in [1.807, 2.05) is 13.2 Å². The zero-order valence-corrected chi connectivity index (χ0v) is 10.1. The van der Waals surface area contributed by atoms with Crippen molar-refractivity contribution in [1.29, 1.82) is 0 Å². The molecule has 0 amide bonds. The van der Waals surface area contributed by atoms with E-state index in [0.29, 0.717) is 6.42 Å². The monoisotopic (exact) mass is 223 g/mol. The number of nitrogens with zero attached hydrogens (tertiary/aromatic N) is 2. The lowest BCUT2D eigenvalue weighted by atomic mass is 10.0. The van der Waals surface area contributed by atoms with Crippen LogP contribution in [0.2, 0.25) is 0 Å². The molecule has 0 aliphatic carbocycles. The molecule has 16 heavy (non-hydrogen) atoms. The highest BCUT2D eigenvalue weighted by atomic mass is 16.1. The quantitative estimate of drug-likeness (QED) is 0.761. The third kappa shape index (κ3) is 4.14. The number of carbonyl (C=O) groups excluding carboxylic acids is 1. The van der Waals surface area contributed by atoms with Crippen molar-refractivity contribution < 1.29 is 4.79 Å². The Balaban J connectivity index is 2.29. The molecule has 1 unspecified atom stereocenters. The molecule has 0 saturated carbocycles. The van der Waals surface area contributed by atoms with Crippen LogP contribution in [0.4, 0.5) is 0 Å². The van der Waals surface area contributed by atoms with Crippen molar-refractivity contribution in [3.8, 4) is 0 Å². The molecule has 0 bridgehead atoms. The zero-order chi connectivity index (χ0) is 12.0. The largest absolute Gasteiger partial charge is 0.322 e. The van der Waals surface area contributed by atoms with Crippen molar-refractivity contribution in [3.63, 3.8) is 0 Å². The van der Waals surface area contributed by atoms with Crippen LogP contribution in [-0.2, 0) is 18.3 Å². The number of carbonyl (C=O) groups is 1. The van der Waals surface area contributed by atoms with Crippen molar-refractivity contribution in [2.75, 3.05) is 0 Å². The number of aryl methyl sites for hydroxylation is 2. The summed E-state index contributed by atoms with van der Waals surface area (Å²) in [6.45, 7) is 2.10. The van der Waals surface area contributed by atoms with Gasteiger partial charge in [-0.15, -0.1) is 0 Å². The molecule has 0 radical (unpaired) electrons. The second-order valence-corrected chi connectivity index (χ2v) is 4.24. The summed E-state index contributed by atoms with van der Waals surface area (Å²) < 4.78 is 1.75. The fourth-order valence-corrected chi connectivity index (χ4v) is 1.64. The fourth-order valence-electron chi connectivity index (χ4n) is 1.64. The van der Waals surface area contributed by atoms with Gasteiger partial charge in [0.2, 0.25) is 0 Å². The lowest BCUT2D eigenvalue weighted by molar-refractivity contribution is -0.120. The van der Waals surface area contributed by atoms with Gasteiger partial charge in [0.05, 0.1) is 12.2 Å². The summed E-state index contributed by atoms with van der Waals surface area (Å²) >= 11 is 0. The maximum absolute atomic E-state index is 11.7. The summed E-state index contributed by atoms with van der Waals surface area (Å²) in [6, 6.07) is -0.281. The van der Waals surface area contributed by atoms with Gasteiger partial charge in [-0.1, -0.05) is 19.8 Å². The molecule has 1 aromatic rings. The Bertz CT molecular complexity index is 333. The highest BCUT2D eigenvalue weighted by Gasteiger charge is 2.12. The van der Waals surface area contributed by atoms with E-state index in [1.165, 1.54) is 0 Å². The third-order valence-corrected chi connectivity index (χ3v) is 2.70. The number of unbranched alkanes of at least 4 members (excludes halogenated alkanes) is 1. The van der Waals surface area contributed by atoms with Crippen molar-refractivity contribution in [2.45, 2.75) is 45.1 Å². The van der Waals surface area contributed by atoms with Crippen LogP contribution < -0.4 is 5.73 Å². The second-order valence-electron chi connectivity index (χ2n) is 4.24. The highest BCUT2D eigenvalue weighted by Crippen LogP contribution is 2.06. The van der Waals surface area contributed by atoms with E-state index in [2.05, 4.69) is 12.0 Å². The molecule has 0 aromatic carbocycles. The summed E-state index contributed by atoms with van der Waals surface area (Å²) in [5, 5.41) is 4.06. The number of hydrogen-bond donors (Lipinski definition) is 1. The van der Waals surface area contributed by atoms with E-state index in [4.69, 9.17) is 5.73 Å². The minimum atomic E-state index is -0.281. The highest BCUT2D eigenvalue weighted by molar-refractivity contribution is 5.83. The Hall–Kier alpha value is -1.16. The molecule has 90 valence electrons. The minimum absolute atomic E-state index is 0.164. The van der Waals surface area contributed by atoms with Crippen molar-refractivity contribution in [2.24, 2.45) is 12.8 Å². The van der Waals surface area contributed by atoms with Crippen LogP contribution in [0.15, 0.2) is 12.4 Å². The van der Waals surface area contributed by atoms with Gasteiger partial charge in [-0.25, -0.2) is 0 Å². The molecule has 4 heteroatoms. The number of nitrogens with two attached hydrogens (primary N) is 1. The molecule has 4 nitrogen and oxygen atoms in total. The molecule has 0 spiro atoms. The number of Topliss-reactive ketones (excluding diaryl/α,β-unsaturated/α-hetero) is 1. The first-order chi connectivity index (χ1) is 7.63. The van der Waals surface area contributed by atoms with Gasteiger partial charge in [-0.2, -0.15) is 5.10 Å². The molecule has 2 N–H and O–H groups in total. The van der Waals surface area contributed by atoms with Crippen LogP contribution in [0.3, 0.4) is 0 Å². The molecule has 0 fully saturated rings. The zero-order valence-electron chi connectivity index (χ0n) is 10.1. The summed E-state index contributed by atoms with van der Waals surface area (Å²) in [6.07, 6.45) is 7.92. The molecule has 0 saturated heterocycles. The number of rotatable bonds is 7. The van der Waals surface area contributed by atoms with Gasteiger partial charge in [0.15, 0.2) is 0 Å². The van der Waals surface area contributed by atoms with E-state index in [9.17, 15) is 4.79 Å². The second kappa shape index (κ2) is 6.43. The van der Waals surface area contributed by atoms with Crippen molar-refractivity contribution in [3.05, 3.63) is 18.0 Å². The SMILES string of the molecule is CCCCC(N)C(=O)CCc1cnn(C)c1. The Labute approximate surface area is 96.8 Å². The normalized spacial score (nSPS) is 12.7. The van der Waals surface area contributed by atoms with E-state index >= 15 is 0 Å². The standard InChI is InChI=1S/C12H21N3O/c1-3-4-5-11(13)12(16)7-6-10-8-14-15(2)9-10/h8-9,11H,3-7,13H2,1-2H3. The van der Waals surface area contributed by atoms with Gasteiger partial charge in [-0.3, -0.25) is 9.48 Å². The molecule has 0 aliphatic rings. The molecule has 1 aromatic heterocycles. The molecule has 1 rings (SSSR count). The van der Waals surface area contributed by atoms with Crippen LogP contribution in [0, 0.1) is 0 Å². The number of aromatic nitrogens is 2. The Morgan fingerprint density at radius 1 is 1.62 bits per heavy atom. The third-order valence-electron chi connectivity index (χ3n) is 2.70. The van der Waals surface area contributed by atoms with Gasteiger partial charge in [-0.05, 0) is 18.4 Å². The average Bonchev–Trinajstić information content (AvgIpc) is 2.68. The summed E-state index contributed by atoms with van der Waals surface area (Å²) in [7, 11) is 1.87. The topological polar surface area (TPSA) is 60.9 Å². The van der Waals surface area contributed by atoms with Crippen LogP contribution in [0.1, 0.15) is 38.2 Å². The maximum atomic E-state index is 11.7. The van der Waals surface area contributed by atoms with E-state index in [-0.39, 0.29) is 11.8 Å². The molecule has 0 aliphatic heterocycles. The first kappa shape index (κ1) is 12.9. The maximum Gasteiger partial charge on any atom is 0.149 e. The first-order valence-electron chi connectivity index (χ1n) is 5.89. The van der Waals surface area contributed by atoms with Crippen LogP contribution >= 0.6 is 0 Å². The van der Waals surface area contributed by atoms with Gasteiger partial charge in [0.1, 0.15) is 5.78 Å². The van der Waals surface area contributed by atoms with Crippen molar-refractivity contribution >= 4 is 5.78 Å². The average molecular weight is 223 g/mol. The van der Waals surface area contributed by atoms with Crippen LogP contribution in [-0.4, -0.2) is 21.6 Å². The fraction of sp³-hybridized carbons (Fsp3) is 0.667. The van der Waals surface area contributed by atoms with E-state index in [1.54, 1.807) is 10.9 Å². The van der Waals surface area contributed by atoms with Gasteiger partial charge < -0.3 is 5.73 Å². The van der Waals surface area contributed by atoms with Gasteiger partial charge >= 0.3 is 0 Å². The summed E-state index contributed by atoms with van der Waals surface area (Å²) in [5.41, 5.74) is 6.90. The van der Waals surface area contributed by atoms with Crippen molar-refractivity contribution in [1.82, 2.24) is 9.78 Å². The Morgan fingerprint density at radius 3 is 2.94 bits per heavy atom. The molecule has 1 atom stereocenters. The van der Waals surface area contributed by atoms with Gasteiger partial charge in [0.25, 0.3) is 0 Å². The van der Waals surface area contributed by atoms with Crippen LogP contribution in [0.5, 0.6) is 0 Å². The predicted molar refractivity (Wildman–Crippen MR) is 64.0 cm³/mol. The Kier molecular flexibility index (Phi) is 5.19. The summed E-state index contributed by atoms with van der Waals surface area (Å²) in [5.74, 6) is 0.164. The van der Waals surface area contributed by atoms with Gasteiger partial charge in [0, 0.05) is 19.7 Å². The number of ketones is 1. The number of hydrogen-bond acceptors (Lipinski definition) is 3. The summed E-state index contributed by atoms with van der Waals surface area (Å²) in [4.78, 5) is 11.7.